The van der Waals surface area contributed by atoms with Gasteiger partial charge in [0.25, 0.3) is 0 Å². The van der Waals surface area contributed by atoms with Gasteiger partial charge >= 0.3 is 0 Å². The van der Waals surface area contributed by atoms with Crippen LogP contribution in [0.4, 0.5) is 0 Å². The number of ether oxygens (including phenoxy) is 3. The maximum Gasteiger partial charge on any atom is 0.215 e. The van der Waals surface area contributed by atoms with E-state index in [1.807, 2.05) is 60.7 Å². The van der Waals surface area contributed by atoms with E-state index in [1.54, 1.807) is 18.2 Å². The number of aromatic amines is 1. The molecule has 9 nitrogen and oxygen atoms in total. The summed E-state index contributed by atoms with van der Waals surface area (Å²) in [7, 11) is 0. The lowest BCUT2D eigenvalue weighted by atomic mass is 10.0. The minimum Gasteiger partial charge on any atom is -0.489 e. The van der Waals surface area contributed by atoms with Crippen LogP contribution in [0, 0.1) is 0 Å². The van der Waals surface area contributed by atoms with E-state index >= 15 is 0 Å². The number of H-pyrrole nitrogens is 1. The number of aromatic nitrogens is 5. The third kappa shape index (κ3) is 4.58. The van der Waals surface area contributed by atoms with Crippen molar-refractivity contribution >= 4 is 16.7 Å². The highest BCUT2D eigenvalue weighted by molar-refractivity contribution is 6.00. The highest BCUT2D eigenvalue weighted by atomic mass is 16.5. The van der Waals surface area contributed by atoms with Crippen molar-refractivity contribution in [3.63, 3.8) is 0 Å². The summed E-state index contributed by atoms with van der Waals surface area (Å²) in [6, 6.07) is 24.9. The topological polar surface area (TPSA) is 112 Å². The Bertz CT molecular complexity index is 1540. The fourth-order valence-corrected chi connectivity index (χ4v) is 4.08. The quantitative estimate of drug-likeness (QED) is 0.360. The van der Waals surface area contributed by atoms with Gasteiger partial charge in [-0.1, -0.05) is 41.6 Å². The van der Waals surface area contributed by atoms with Gasteiger partial charge in [0.2, 0.25) is 5.82 Å². The molecule has 0 spiro atoms. The molecular formula is C27H21N5O4. The van der Waals surface area contributed by atoms with Crippen molar-refractivity contribution < 1.29 is 19.0 Å². The molecule has 1 atom stereocenters. The Morgan fingerprint density at radius 1 is 0.917 bits per heavy atom. The number of nitrogens with one attached hydrogen (secondary N) is 1. The third-order valence-electron chi connectivity index (χ3n) is 5.89. The van der Waals surface area contributed by atoms with Crippen molar-refractivity contribution in [2.75, 3.05) is 0 Å². The van der Waals surface area contributed by atoms with E-state index < -0.39 is 6.10 Å². The van der Waals surface area contributed by atoms with Crippen LogP contribution in [0.25, 0.3) is 10.9 Å². The van der Waals surface area contributed by atoms with Crippen molar-refractivity contribution in [2.24, 2.45) is 0 Å². The van der Waals surface area contributed by atoms with Crippen LogP contribution in [0.2, 0.25) is 0 Å². The van der Waals surface area contributed by atoms with Gasteiger partial charge in [-0.05, 0) is 42.0 Å². The number of para-hydroxylation sites is 1. The first-order valence-corrected chi connectivity index (χ1v) is 11.5. The fourth-order valence-electron chi connectivity index (χ4n) is 4.08. The molecule has 0 radical (unpaired) electrons. The largest absolute Gasteiger partial charge is 0.489 e. The molecule has 1 aliphatic rings. The SMILES string of the molecule is O=C1CC(c2nn[nH]n2)Oc2cc(OCc3cccc(OCc4ccc5ccccc5n4)c3)ccc21. The van der Waals surface area contributed by atoms with Crippen LogP contribution in [-0.4, -0.2) is 31.4 Å². The molecule has 178 valence electrons. The van der Waals surface area contributed by atoms with E-state index in [9.17, 15) is 4.79 Å². The number of tetrazole rings is 1. The highest BCUT2D eigenvalue weighted by Gasteiger charge is 2.30. The molecule has 0 aliphatic carbocycles. The number of hydrogen-bond acceptors (Lipinski definition) is 8. The van der Waals surface area contributed by atoms with Crippen molar-refractivity contribution in [1.29, 1.82) is 0 Å². The molecule has 36 heavy (non-hydrogen) atoms. The number of fused-ring (bicyclic) bond motifs is 2. The zero-order valence-electron chi connectivity index (χ0n) is 19.1. The van der Waals surface area contributed by atoms with E-state index in [-0.39, 0.29) is 12.2 Å². The Morgan fingerprint density at radius 2 is 1.81 bits per heavy atom. The van der Waals surface area contributed by atoms with Gasteiger partial charge in [-0.3, -0.25) is 4.79 Å². The van der Waals surface area contributed by atoms with Gasteiger partial charge in [0.15, 0.2) is 11.9 Å². The Balaban J connectivity index is 1.10. The molecule has 5 aromatic rings. The van der Waals surface area contributed by atoms with Crippen LogP contribution in [0.15, 0.2) is 78.9 Å². The Labute approximate surface area is 206 Å². The monoisotopic (exact) mass is 479 g/mol. The number of Topliss-reactive ketones (excluding diaryl/α,β-unsaturated/α-hetero) is 1. The first-order valence-electron chi connectivity index (χ1n) is 11.5. The van der Waals surface area contributed by atoms with E-state index in [0.717, 1.165) is 27.9 Å². The summed E-state index contributed by atoms with van der Waals surface area (Å²) >= 11 is 0. The minimum atomic E-state index is -0.579. The Hall–Kier alpha value is -4.79. The predicted octanol–water partition coefficient (Wildman–Crippen LogP) is 4.61. The lowest BCUT2D eigenvalue weighted by Crippen LogP contribution is -2.21. The molecule has 0 saturated heterocycles. The number of pyridine rings is 1. The van der Waals surface area contributed by atoms with Crippen LogP contribution < -0.4 is 14.2 Å². The first kappa shape index (κ1) is 21.7. The average molecular weight is 479 g/mol. The number of nitrogens with zero attached hydrogens (tertiary/aromatic N) is 4. The van der Waals surface area contributed by atoms with E-state index in [4.69, 9.17) is 14.2 Å². The highest BCUT2D eigenvalue weighted by Crippen LogP contribution is 2.36. The summed E-state index contributed by atoms with van der Waals surface area (Å²) in [6.45, 7) is 0.694. The van der Waals surface area contributed by atoms with Crippen molar-refractivity contribution in [2.45, 2.75) is 25.7 Å². The summed E-state index contributed by atoms with van der Waals surface area (Å²) < 4.78 is 17.9. The molecule has 1 unspecified atom stereocenters. The lowest BCUT2D eigenvalue weighted by Gasteiger charge is -2.23. The van der Waals surface area contributed by atoms with Crippen LogP contribution in [0.3, 0.4) is 0 Å². The standard InChI is InChI=1S/C27H21N5O4/c33-24-14-26(27-29-31-32-30-27)36-25-13-21(10-11-22(24)25)34-15-17-4-3-6-20(12-17)35-16-19-9-8-18-5-1-2-7-23(18)28-19/h1-13,26H,14-16H2,(H,29,30,31,32). The summed E-state index contributed by atoms with van der Waals surface area (Å²) in [4.78, 5) is 17.2. The number of carbonyl (C=O) groups excluding carboxylic acids is 1. The third-order valence-corrected chi connectivity index (χ3v) is 5.89. The van der Waals surface area contributed by atoms with Gasteiger partial charge in [0.1, 0.15) is 30.5 Å². The predicted molar refractivity (Wildman–Crippen MR) is 130 cm³/mol. The molecule has 9 heteroatoms. The number of carbonyl (C=O) groups is 1. The molecule has 1 N–H and O–H groups in total. The van der Waals surface area contributed by atoms with Gasteiger partial charge in [0.05, 0.1) is 23.2 Å². The molecule has 0 bridgehead atoms. The normalized spacial score (nSPS) is 14.8. The smallest absolute Gasteiger partial charge is 0.215 e. The summed E-state index contributed by atoms with van der Waals surface area (Å²) in [5.74, 6) is 2.06. The number of ketones is 1. The van der Waals surface area contributed by atoms with Crippen LogP contribution >= 0.6 is 0 Å². The number of rotatable bonds is 7. The lowest BCUT2D eigenvalue weighted by molar-refractivity contribution is 0.0837. The number of benzene rings is 3. The summed E-state index contributed by atoms with van der Waals surface area (Å²) in [6.07, 6.45) is -0.418. The maximum atomic E-state index is 12.5. The van der Waals surface area contributed by atoms with Gasteiger partial charge in [-0.25, -0.2) is 4.98 Å². The molecule has 3 heterocycles. The van der Waals surface area contributed by atoms with Crippen molar-refractivity contribution in [3.05, 3.63) is 102 Å². The van der Waals surface area contributed by atoms with Gasteiger partial charge in [-0.2, -0.15) is 5.21 Å². The van der Waals surface area contributed by atoms with Crippen LogP contribution in [-0.2, 0) is 13.2 Å². The molecule has 1 aliphatic heterocycles. The zero-order chi connectivity index (χ0) is 24.3. The molecule has 6 rings (SSSR count). The number of hydrogen-bond donors (Lipinski definition) is 1. The van der Waals surface area contributed by atoms with Gasteiger partial charge in [-0.15, -0.1) is 10.2 Å². The maximum absolute atomic E-state index is 12.5. The molecule has 0 fully saturated rings. The zero-order valence-corrected chi connectivity index (χ0v) is 19.1. The second-order valence-electron chi connectivity index (χ2n) is 8.38. The molecule has 2 aromatic heterocycles. The van der Waals surface area contributed by atoms with E-state index in [0.29, 0.717) is 36.1 Å². The second-order valence-corrected chi connectivity index (χ2v) is 8.38. The van der Waals surface area contributed by atoms with Crippen LogP contribution in [0.5, 0.6) is 17.2 Å². The summed E-state index contributed by atoms with van der Waals surface area (Å²) in [5, 5.41) is 14.9. The molecule has 0 amide bonds. The summed E-state index contributed by atoms with van der Waals surface area (Å²) in [5.41, 5.74) is 3.26. The first-order chi connectivity index (χ1) is 17.7. The fraction of sp³-hybridized carbons (Fsp3) is 0.148. The second kappa shape index (κ2) is 9.46. The molecule has 0 saturated carbocycles. The van der Waals surface area contributed by atoms with Crippen molar-refractivity contribution in [3.8, 4) is 17.2 Å². The van der Waals surface area contributed by atoms with Gasteiger partial charge < -0.3 is 14.2 Å². The molecule has 3 aromatic carbocycles. The Morgan fingerprint density at radius 3 is 2.72 bits per heavy atom. The Kier molecular flexibility index (Phi) is 5.71. The van der Waals surface area contributed by atoms with Crippen LogP contribution in [0.1, 0.15) is 40.0 Å². The van der Waals surface area contributed by atoms with Crippen molar-refractivity contribution in [1.82, 2.24) is 25.6 Å². The van der Waals surface area contributed by atoms with E-state index in [2.05, 4.69) is 25.6 Å². The van der Waals surface area contributed by atoms with Gasteiger partial charge in [0, 0.05) is 11.5 Å². The molecular weight excluding hydrogens is 458 g/mol. The van der Waals surface area contributed by atoms with E-state index in [1.165, 1.54) is 0 Å². The average Bonchev–Trinajstić information content (AvgIpc) is 3.46. The minimum absolute atomic E-state index is 0.0386.